The lowest BCUT2D eigenvalue weighted by molar-refractivity contribution is 0.197. The first-order valence-corrected chi connectivity index (χ1v) is 9.33. The van der Waals surface area contributed by atoms with Crippen molar-refractivity contribution in [3.05, 3.63) is 59.5 Å². The molecule has 2 amide bonds. The largest absolute Gasteiger partial charge is 0.339 e. The van der Waals surface area contributed by atoms with E-state index < -0.39 is 0 Å². The Kier molecular flexibility index (Phi) is 5.01. The molecule has 3 heterocycles. The van der Waals surface area contributed by atoms with Crippen molar-refractivity contribution >= 4 is 6.03 Å². The number of carbonyl (C=O) groups is 1. The molecule has 8 heteroatoms. The Bertz CT molecular complexity index is 970. The molecule has 1 N–H and O–H groups in total. The summed E-state index contributed by atoms with van der Waals surface area (Å²) < 4.78 is 5.19. The van der Waals surface area contributed by atoms with Crippen LogP contribution in [0.3, 0.4) is 0 Å². The Labute approximate surface area is 163 Å². The Morgan fingerprint density at radius 3 is 2.82 bits per heavy atom. The second-order valence-corrected chi connectivity index (χ2v) is 7.25. The van der Waals surface area contributed by atoms with Gasteiger partial charge in [0.15, 0.2) is 11.6 Å². The molecular formula is C20H22N6O2. The van der Waals surface area contributed by atoms with Crippen molar-refractivity contribution in [1.29, 1.82) is 0 Å². The fourth-order valence-corrected chi connectivity index (χ4v) is 3.08. The lowest BCUT2D eigenvalue weighted by atomic mass is 10.1. The smallest absolute Gasteiger partial charge is 0.318 e. The number of nitrogens with one attached hydrogen (secondary N) is 1. The van der Waals surface area contributed by atoms with E-state index >= 15 is 0 Å². The molecule has 0 unspecified atom stereocenters. The van der Waals surface area contributed by atoms with Gasteiger partial charge in [-0.1, -0.05) is 49.3 Å². The predicted molar refractivity (Wildman–Crippen MR) is 102 cm³/mol. The number of fused-ring (bicyclic) bond motifs is 1. The fourth-order valence-electron chi connectivity index (χ4n) is 3.08. The van der Waals surface area contributed by atoms with Crippen molar-refractivity contribution in [3.63, 3.8) is 0 Å². The number of hydrogen-bond donors (Lipinski definition) is 1. The van der Waals surface area contributed by atoms with Crippen LogP contribution in [0.5, 0.6) is 0 Å². The van der Waals surface area contributed by atoms with E-state index in [2.05, 4.69) is 39.3 Å². The number of hydrogen-bond acceptors (Lipinski definition) is 6. The molecule has 0 atom stereocenters. The molecule has 2 aromatic heterocycles. The van der Waals surface area contributed by atoms with Crippen LogP contribution < -0.4 is 5.32 Å². The first-order valence-electron chi connectivity index (χ1n) is 9.33. The molecule has 0 bridgehead atoms. The SMILES string of the molecule is CC(C)Cc1nc(CNC(=O)N2Cc3cnc(-c4ccccc4)nc3C2)no1. The maximum absolute atomic E-state index is 12.5. The molecule has 0 fully saturated rings. The number of rotatable bonds is 5. The average Bonchev–Trinajstić information content (AvgIpc) is 3.32. The van der Waals surface area contributed by atoms with Crippen molar-refractivity contribution in [2.24, 2.45) is 5.92 Å². The predicted octanol–water partition coefficient (Wildman–Crippen LogP) is 2.95. The molecule has 3 aromatic rings. The van der Waals surface area contributed by atoms with Gasteiger partial charge in [0.1, 0.15) is 0 Å². The minimum atomic E-state index is -0.186. The molecule has 28 heavy (non-hydrogen) atoms. The van der Waals surface area contributed by atoms with E-state index in [4.69, 9.17) is 4.52 Å². The summed E-state index contributed by atoms with van der Waals surface area (Å²) in [6.07, 6.45) is 2.53. The quantitative estimate of drug-likeness (QED) is 0.733. The van der Waals surface area contributed by atoms with Crippen molar-refractivity contribution in [1.82, 2.24) is 30.3 Å². The minimum Gasteiger partial charge on any atom is -0.339 e. The van der Waals surface area contributed by atoms with Gasteiger partial charge in [-0.05, 0) is 5.92 Å². The van der Waals surface area contributed by atoms with E-state index in [0.717, 1.165) is 23.2 Å². The summed E-state index contributed by atoms with van der Waals surface area (Å²) in [4.78, 5) is 27.6. The number of aromatic nitrogens is 4. The van der Waals surface area contributed by atoms with Crippen molar-refractivity contribution in [2.45, 2.75) is 39.9 Å². The highest BCUT2D eigenvalue weighted by Crippen LogP contribution is 2.23. The van der Waals surface area contributed by atoms with E-state index in [1.54, 1.807) is 11.1 Å². The zero-order valence-electron chi connectivity index (χ0n) is 15.9. The summed E-state index contributed by atoms with van der Waals surface area (Å²) in [5, 5.41) is 6.75. The van der Waals surface area contributed by atoms with E-state index in [1.807, 2.05) is 30.3 Å². The standard InChI is InChI=1S/C20H22N6O2/c1-13(2)8-18-24-17(25-28-18)10-22-20(27)26-11-15-9-21-19(23-16(15)12-26)14-6-4-3-5-7-14/h3-7,9,13H,8,10-12H2,1-2H3,(H,22,27). The summed E-state index contributed by atoms with van der Waals surface area (Å²) in [6, 6.07) is 9.62. The Balaban J connectivity index is 1.36. The van der Waals surface area contributed by atoms with Gasteiger partial charge in [-0.2, -0.15) is 4.98 Å². The number of amides is 2. The van der Waals surface area contributed by atoms with Gasteiger partial charge in [0.2, 0.25) is 5.89 Å². The molecule has 144 valence electrons. The molecule has 0 saturated carbocycles. The molecule has 1 aliphatic heterocycles. The van der Waals surface area contributed by atoms with E-state index in [1.165, 1.54) is 0 Å². The summed E-state index contributed by atoms with van der Waals surface area (Å²) in [6.45, 7) is 5.34. The maximum Gasteiger partial charge on any atom is 0.318 e. The Morgan fingerprint density at radius 2 is 2.04 bits per heavy atom. The second kappa shape index (κ2) is 7.75. The van der Waals surface area contributed by atoms with Crippen LogP contribution >= 0.6 is 0 Å². The van der Waals surface area contributed by atoms with Gasteiger partial charge < -0.3 is 14.7 Å². The normalized spacial score (nSPS) is 13.0. The number of carbonyl (C=O) groups excluding carboxylic acids is 1. The van der Waals surface area contributed by atoms with Crippen molar-refractivity contribution in [3.8, 4) is 11.4 Å². The monoisotopic (exact) mass is 378 g/mol. The van der Waals surface area contributed by atoms with Crippen LogP contribution in [-0.4, -0.2) is 31.0 Å². The fraction of sp³-hybridized carbons (Fsp3) is 0.350. The molecule has 0 spiro atoms. The maximum atomic E-state index is 12.5. The van der Waals surface area contributed by atoms with Crippen LogP contribution in [0, 0.1) is 5.92 Å². The molecule has 4 rings (SSSR count). The van der Waals surface area contributed by atoms with Crippen LogP contribution in [-0.2, 0) is 26.1 Å². The Hall–Kier alpha value is -3.29. The summed E-state index contributed by atoms with van der Waals surface area (Å²) in [5.74, 6) is 2.18. The Morgan fingerprint density at radius 1 is 1.21 bits per heavy atom. The summed E-state index contributed by atoms with van der Waals surface area (Å²) in [7, 11) is 0. The van der Waals surface area contributed by atoms with Crippen LogP contribution in [0.4, 0.5) is 4.79 Å². The molecule has 1 aliphatic rings. The first kappa shape index (κ1) is 18.1. The van der Waals surface area contributed by atoms with Crippen LogP contribution in [0.15, 0.2) is 41.1 Å². The number of urea groups is 1. The third kappa shape index (κ3) is 4.00. The highest BCUT2D eigenvalue weighted by molar-refractivity contribution is 5.74. The minimum absolute atomic E-state index is 0.186. The van der Waals surface area contributed by atoms with Gasteiger partial charge in [-0.25, -0.2) is 14.8 Å². The first-order chi connectivity index (χ1) is 13.6. The molecule has 0 saturated heterocycles. The van der Waals surface area contributed by atoms with Crippen molar-refractivity contribution in [2.75, 3.05) is 0 Å². The van der Waals surface area contributed by atoms with Crippen LogP contribution in [0.2, 0.25) is 0 Å². The topological polar surface area (TPSA) is 97.0 Å². The van der Waals surface area contributed by atoms with Gasteiger partial charge in [-0.3, -0.25) is 0 Å². The molecule has 1 aromatic carbocycles. The van der Waals surface area contributed by atoms with Crippen LogP contribution in [0.25, 0.3) is 11.4 Å². The van der Waals surface area contributed by atoms with Crippen LogP contribution in [0.1, 0.15) is 36.8 Å². The highest BCUT2D eigenvalue weighted by Gasteiger charge is 2.25. The van der Waals surface area contributed by atoms with Gasteiger partial charge >= 0.3 is 6.03 Å². The molecule has 8 nitrogen and oxygen atoms in total. The third-order valence-corrected chi connectivity index (χ3v) is 4.47. The van der Waals surface area contributed by atoms with Crippen molar-refractivity contribution < 1.29 is 9.32 Å². The third-order valence-electron chi connectivity index (χ3n) is 4.47. The van der Waals surface area contributed by atoms with Gasteiger partial charge in [0.25, 0.3) is 0 Å². The summed E-state index contributed by atoms with van der Waals surface area (Å²) in [5.41, 5.74) is 2.80. The summed E-state index contributed by atoms with van der Waals surface area (Å²) >= 11 is 0. The van der Waals surface area contributed by atoms with E-state index in [-0.39, 0.29) is 12.6 Å². The molecule has 0 aliphatic carbocycles. The highest BCUT2D eigenvalue weighted by atomic mass is 16.5. The molecular weight excluding hydrogens is 356 g/mol. The second-order valence-electron chi connectivity index (χ2n) is 7.25. The lowest BCUT2D eigenvalue weighted by Gasteiger charge is -2.15. The van der Waals surface area contributed by atoms with Gasteiger partial charge in [-0.15, -0.1) is 0 Å². The lowest BCUT2D eigenvalue weighted by Crippen LogP contribution is -2.36. The van der Waals surface area contributed by atoms with E-state index in [0.29, 0.717) is 36.5 Å². The number of benzene rings is 1. The average molecular weight is 378 g/mol. The van der Waals surface area contributed by atoms with Gasteiger partial charge in [0.05, 0.1) is 25.3 Å². The molecule has 0 radical (unpaired) electrons. The van der Waals surface area contributed by atoms with E-state index in [9.17, 15) is 4.79 Å². The number of nitrogens with zero attached hydrogens (tertiary/aromatic N) is 5. The zero-order valence-corrected chi connectivity index (χ0v) is 15.9. The van der Waals surface area contributed by atoms with Gasteiger partial charge in [0, 0.05) is 23.7 Å². The zero-order chi connectivity index (χ0) is 19.5.